The third-order valence-electron chi connectivity index (χ3n) is 3.45. The molecule has 0 amide bonds. The van der Waals surface area contributed by atoms with Gasteiger partial charge in [-0.05, 0) is 36.6 Å². The van der Waals surface area contributed by atoms with Crippen molar-refractivity contribution in [1.29, 1.82) is 0 Å². The van der Waals surface area contributed by atoms with Crippen molar-refractivity contribution in [3.05, 3.63) is 35.8 Å². The number of nitrogens with two attached hydrogens (primary N) is 1. The molecule has 18 heavy (non-hydrogen) atoms. The second-order valence-corrected chi connectivity index (χ2v) is 4.98. The number of rotatable bonds is 5. The fraction of sp³-hybridized carbons (Fsp3) is 0.467. The third-order valence-corrected chi connectivity index (χ3v) is 3.45. The van der Waals surface area contributed by atoms with Crippen molar-refractivity contribution in [3.63, 3.8) is 0 Å². The van der Waals surface area contributed by atoms with E-state index in [1.54, 1.807) is 6.07 Å². The van der Waals surface area contributed by atoms with Gasteiger partial charge >= 0.3 is 0 Å². The zero-order chi connectivity index (χ0) is 13.1. The summed E-state index contributed by atoms with van der Waals surface area (Å²) < 4.78 is 18.8. The van der Waals surface area contributed by atoms with E-state index in [2.05, 4.69) is 13.8 Å². The molecule has 1 aromatic carbocycles. The summed E-state index contributed by atoms with van der Waals surface area (Å²) in [7, 11) is 0. The normalized spacial score (nSPS) is 14.9. The summed E-state index contributed by atoms with van der Waals surface area (Å²) in [5, 5.41) is 0.781. The maximum Gasteiger partial charge on any atom is 0.134 e. The molecule has 0 aliphatic rings. The van der Waals surface area contributed by atoms with Crippen molar-refractivity contribution >= 4 is 11.0 Å². The van der Waals surface area contributed by atoms with Crippen LogP contribution in [0.5, 0.6) is 0 Å². The maximum absolute atomic E-state index is 13.1. The van der Waals surface area contributed by atoms with Crippen LogP contribution in [0.15, 0.2) is 28.7 Å². The van der Waals surface area contributed by atoms with Crippen LogP contribution in [0.1, 0.15) is 44.9 Å². The van der Waals surface area contributed by atoms with Crippen LogP contribution in [0.4, 0.5) is 4.39 Å². The largest absolute Gasteiger partial charge is 0.459 e. The number of unbranched alkanes of at least 4 members (excludes halogenated alkanes) is 1. The molecular formula is C15H20FNO. The van der Waals surface area contributed by atoms with Crippen molar-refractivity contribution in [3.8, 4) is 0 Å². The van der Waals surface area contributed by atoms with E-state index < -0.39 is 0 Å². The van der Waals surface area contributed by atoms with Gasteiger partial charge in [-0.25, -0.2) is 4.39 Å². The number of hydrogen-bond donors (Lipinski definition) is 1. The fourth-order valence-corrected chi connectivity index (χ4v) is 2.19. The van der Waals surface area contributed by atoms with Gasteiger partial charge in [-0.1, -0.05) is 26.7 Å². The molecule has 2 atom stereocenters. The summed E-state index contributed by atoms with van der Waals surface area (Å²) in [5.41, 5.74) is 6.89. The van der Waals surface area contributed by atoms with Gasteiger partial charge in [0, 0.05) is 5.39 Å². The first-order valence-electron chi connectivity index (χ1n) is 6.56. The van der Waals surface area contributed by atoms with Crippen LogP contribution in [0, 0.1) is 11.7 Å². The van der Waals surface area contributed by atoms with Gasteiger partial charge in [0.05, 0.1) is 6.04 Å². The lowest BCUT2D eigenvalue weighted by atomic mass is 9.95. The Morgan fingerprint density at radius 3 is 2.83 bits per heavy atom. The Morgan fingerprint density at radius 2 is 2.11 bits per heavy atom. The quantitative estimate of drug-likeness (QED) is 0.853. The Morgan fingerprint density at radius 1 is 1.33 bits per heavy atom. The van der Waals surface area contributed by atoms with Gasteiger partial charge in [-0.15, -0.1) is 0 Å². The predicted octanol–water partition coefficient (Wildman–Crippen LogP) is 4.40. The summed E-state index contributed by atoms with van der Waals surface area (Å²) in [4.78, 5) is 0. The molecule has 0 aliphatic carbocycles. The van der Waals surface area contributed by atoms with Crippen molar-refractivity contribution in [2.75, 3.05) is 0 Å². The average molecular weight is 249 g/mol. The van der Waals surface area contributed by atoms with Crippen molar-refractivity contribution in [1.82, 2.24) is 0 Å². The lowest BCUT2D eigenvalue weighted by molar-refractivity contribution is 0.370. The molecule has 2 aromatic rings. The predicted molar refractivity (Wildman–Crippen MR) is 71.8 cm³/mol. The first-order valence-corrected chi connectivity index (χ1v) is 6.56. The molecule has 3 heteroatoms. The van der Waals surface area contributed by atoms with Gasteiger partial charge in [-0.2, -0.15) is 0 Å². The molecule has 0 saturated heterocycles. The van der Waals surface area contributed by atoms with Crippen LogP contribution < -0.4 is 5.73 Å². The zero-order valence-electron chi connectivity index (χ0n) is 10.9. The highest BCUT2D eigenvalue weighted by Crippen LogP contribution is 2.29. The van der Waals surface area contributed by atoms with Gasteiger partial charge in [0.1, 0.15) is 17.2 Å². The summed E-state index contributed by atoms with van der Waals surface area (Å²) in [6.07, 6.45) is 3.43. The van der Waals surface area contributed by atoms with E-state index in [4.69, 9.17) is 10.2 Å². The number of benzene rings is 1. The molecule has 0 aliphatic heterocycles. The topological polar surface area (TPSA) is 39.2 Å². The molecular weight excluding hydrogens is 229 g/mol. The van der Waals surface area contributed by atoms with Gasteiger partial charge in [0.15, 0.2) is 0 Å². The maximum atomic E-state index is 13.1. The lowest BCUT2D eigenvalue weighted by Crippen LogP contribution is -2.18. The van der Waals surface area contributed by atoms with Crippen molar-refractivity contribution < 1.29 is 8.81 Å². The van der Waals surface area contributed by atoms with Crippen LogP contribution in [0.3, 0.4) is 0 Å². The zero-order valence-corrected chi connectivity index (χ0v) is 10.9. The third kappa shape index (κ3) is 2.72. The molecule has 98 valence electrons. The van der Waals surface area contributed by atoms with Crippen LogP contribution in [0.25, 0.3) is 11.0 Å². The number of halogens is 1. The fourth-order valence-electron chi connectivity index (χ4n) is 2.19. The standard InChI is InChI=1S/C15H20FNO/c1-3-4-5-10(2)15(17)14-9-11-8-12(16)6-7-13(11)18-14/h6-10,15H,3-5,17H2,1-2H3. The van der Waals surface area contributed by atoms with Gasteiger partial charge in [0.2, 0.25) is 0 Å². The summed E-state index contributed by atoms with van der Waals surface area (Å²) >= 11 is 0. The highest BCUT2D eigenvalue weighted by Gasteiger charge is 2.18. The Kier molecular flexibility index (Phi) is 4.02. The molecule has 2 nitrogen and oxygen atoms in total. The van der Waals surface area contributed by atoms with Gasteiger partial charge < -0.3 is 10.2 Å². The van der Waals surface area contributed by atoms with Crippen LogP contribution in [-0.2, 0) is 0 Å². The minimum Gasteiger partial charge on any atom is -0.459 e. The van der Waals surface area contributed by atoms with Gasteiger partial charge in [0.25, 0.3) is 0 Å². The lowest BCUT2D eigenvalue weighted by Gasteiger charge is -2.17. The van der Waals surface area contributed by atoms with Crippen LogP contribution >= 0.6 is 0 Å². The summed E-state index contributed by atoms with van der Waals surface area (Å²) in [6, 6.07) is 6.27. The van der Waals surface area contributed by atoms with E-state index in [1.807, 2.05) is 6.07 Å². The Hall–Kier alpha value is -1.35. The van der Waals surface area contributed by atoms with E-state index in [-0.39, 0.29) is 11.9 Å². The second kappa shape index (κ2) is 5.53. The highest BCUT2D eigenvalue weighted by molar-refractivity contribution is 5.78. The minimum atomic E-state index is -0.248. The van der Waals surface area contributed by atoms with Crippen molar-refractivity contribution in [2.24, 2.45) is 11.7 Å². The van der Waals surface area contributed by atoms with E-state index in [9.17, 15) is 4.39 Å². The van der Waals surface area contributed by atoms with Gasteiger partial charge in [-0.3, -0.25) is 0 Å². The SMILES string of the molecule is CCCCC(C)C(N)c1cc2cc(F)ccc2o1. The molecule has 1 heterocycles. The van der Waals surface area contributed by atoms with Crippen LogP contribution in [0.2, 0.25) is 0 Å². The minimum absolute atomic E-state index is 0.119. The Balaban J connectivity index is 2.19. The molecule has 2 rings (SSSR count). The first kappa shape index (κ1) is 13.1. The molecule has 1 aromatic heterocycles. The average Bonchev–Trinajstić information content (AvgIpc) is 2.77. The molecule has 0 spiro atoms. The molecule has 2 unspecified atom stereocenters. The smallest absolute Gasteiger partial charge is 0.134 e. The molecule has 2 N–H and O–H groups in total. The highest BCUT2D eigenvalue weighted by atomic mass is 19.1. The van der Waals surface area contributed by atoms with E-state index >= 15 is 0 Å². The Labute approximate surface area is 107 Å². The Bertz CT molecular complexity index is 520. The van der Waals surface area contributed by atoms with E-state index in [1.165, 1.54) is 25.0 Å². The first-order chi connectivity index (χ1) is 8.61. The van der Waals surface area contributed by atoms with Crippen LogP contribution in [-0.4, -0.2) is 0 Å². The monoisotopic (exact) mass is 249 g/mol. The molecule has 0 radical (unpaired) electrons. The van der Waals surface area contributed by atoms with E-state index in [0.717, 1.165) is 17.6 Å². The summed E-state index contributed by atoms with van der Waals surface area (Å²) in [5.74, 6) is 0.872. The number of fused-ring (bicyclic) bond motifs is 1. The number of hydrogen-bond acceptors (Lipinski definition) is 2. The molecule has 0 saturated carbocycles. The summed E-state index contributed by atoms with van der Waals surface area (Å²) in [6.45, 7) is 4.30. The van der Waals surface area contributed by atoms with E-state index in [0.29, 0.717) is 11.5 Å². The van der Waals surface area contributed by atoms with Crippen molar-refractivity contribution in [2.45, 2.75) is 39.2 Å². The second-order valence-electron chi connectivity index (χ2n) is 4.98. The number of furan rings is 1. The molecule has 0 bridgehead atoms. The molecule has 0 fully saturated rings.